The largest absolute Gasteiger partial charge is 0.325 e. The molecule has 1 fully saturated rings. The third-order valence-corrected chi connectivity index (χ3v) is 3.72. The van der Waals surface area contributed by atoms with Crippen molar-refractivity contribution in [3.63, 3.8) is 0 Å². The standard InChI is InChI=1S/C12H13BrClNO/c13-9-5-6-11(10(14)7-9)15-12(16)8-3-1-2-4-8/h5-8H,1-4H2,(H,15,16). The van der Waals surface area contributed by atoms with Crippen molar-refractivity contribution in [3.05, 3.63) is 27.7 Å². The van der Waals surface area contributed by atoms with Crippen LogP contribution in [0.25, 0.3) is 0 Å². The molecule has 1 aliphatic carbocycles. The molecule has 1 aromatic rings. The van der Waals surface area contributed by atoms with E-state index in [0.717, 1.165) is 30.2 Å². The van der Waals surface area contributed by atoms with Crippen LogP contribution >= 0.6 is 27.5 Å². The van der Waals surface area contributed by atoms with Gasteiger partial charge >= 0.3 is 0 Å². The van der Waals surface area contributed by atoms with E-state index in [1.54, 1.807) is 6.07 Å². The van der Waals surface area contributed by atoms with Gasteiger partial charge in [0.2, 0.25) is 5.91 Å². The molecule has 0 heterocycles. The molecule has 0 saturated heterocycles. The molecule has 0 aromatic heterocycles. The molecule has 16 heavy (non-hydrogen) atoms. The lowest BCUT2D eigenvalue weighted by Crippen LogP contribution is -2.20. The van der Waals surface area contributed by atoms with Crippen LogP contribution in [0.15, 0.2) is 22.7 Å². The van der Waals surface area contributed by atoms with Gasteiger partial charge in [-0.05, 0) is 31.0 Å². The number of carbonyl (C=O) groups excluding carboxylic acids is 1. The summed E-state index contributed by atoms with van der Waals surface area (Å²) in [7, 11) is 0. The minimum absolute atomic E-state index is 0.0988. The lowest BCUT2D eigenvalue weighted by molar-refractivity contribution is -0.119. The number of hydrogen-bond acceptors (Lipinski definition) is 1. The van der Waals surface area contributed by atoms with Gasteiger partial charge in [-0.2, -0.15) is 0 Å². The van der Waals surface area contributed by atoms with Crippen LogP contribution in [0.3, 0.4) is 0 Å². The number of amides is 1. The Morgan fingerprint density at radius 2 is 2.06 bits per heavy atom. The van der Waals surface area contributed by atoms with Gasteiger partial charge in [0.25, 0.3) is 0 Å². The molecular weight excluding hydrogens is 289 g/mol. The topological polar surface area (TPSA) is 29.1 Å². The van der Waals surface area contributed by atoms with Gasteiger partial charge < -0.3 is 5.32 Å². The SMILES string of the molecule is O=C(Nc1ccc(Br)cc1Cl)C1CCCC1. The van der Waals surface area contributed by atoms with Crippen molar-refractivity contribution in [2.45, 2.75) is 25.7 Å². The molecule has 0 radical (unpaired) electrons. The van der Waals surface area contributed by atoms with Crippen LogP contribution in [0, 0.1) is 5.92 Å². The summed E-state index contributed by atoms with van der Waals surface area (Å²) in [5.74, 6) is 0.265. The van der Waals surface area contributed by atoms with Crippen LogP contribution in [0.2, 0.25) is 5.02 Å². The normalized spacial score (nSPS) is 16.4. The van der Waals surface area contributed by atoms with Crippen LogP contribution in [0.4, 0.5) is 5.69 Å². The molecule has 0 aliphatic heterocycles. The molecule has 1 amide bonds. The average molecular weight is 303 g/mol. The van der Waals surface area contributed by atoms with E-state index in [9.17, 15) is 4.79 Å². The van der Waals surface area contributed by atoms with E-state index in [1.807, 2.05) is 12.1 Å². The number of nitrogens with one attached hydrogen (secondary N) is 1. The Bertz CT molecular complexity index is 402. The Morgan fingerprint density at radius 1 is 1.38 bits per heavy atom. The highest BCUT2D eigenvalue weighted by atomic mass is 79.9. The molecule has 1 N–H and O–H groups in total. The summed E-state index contributed by atoms with van der Waals surface area (Å²) in [6.45, 7) is 0. The van der Waals surface area contributed by atoms with Crippen molar-refractivity contribution in [3.8, 4) is 0 Å². The molecular formula is C12H13BrClNO. The third-order valence-electron chi connectivity index (χ3n) is 2.91. The molecule has 2 rings (SSSR count). The number of halogens is 2. The van der Waals surface area contributed by atoms with E-state index in [0.29, 0.717) is 10.7 Å². The van der Waals surface area contributed by atoms with Gasteiger partial charge in [0.1, 0.15) is 0 Å². The molecule has 0 unspecified atom stereocenters. The van der Waals surface area contributed by atoms with Gasteiger partial charge in [0.15, 0.2) is 0 Å². The predicted molar refractivity (Wildman–Crippen MR) is 69.7 cm³/mol. The summed E-state index contributed by atoms with van der Waals surface area (Å²) in [6, 6.07) is 5.47. The Labute approximate surface area is 108 Å². The smallest absolute Gasteiger partial charge is 0.227 e. The third kappa shape index (κ3) is 2.77. The summed E-state index contributed by atoms with van der Waals surface area (Å²) in [6.07, 6.45) is 4.32. The highest BCUT2D eigenvalue weighted by Crippen LogP contribution is 2.29. The maximum absolute atomic E-state index is 11.9. The van der Waals surface area contributed by atoms with E-state index < -0.39 is 0 Å². The van der Waals surface area contributed by atoms with Crippen molar-refractivity contribution in [1.82, 2.24) is 0 Å². The first-order valence-corrected chi connectivity index (χ1v) is 6.60. The number of anilines is 1. The number of carbonyl (C=O) groups is 1. The van der Waals surface area contributed by atoms with Gasteiger partial charge in [0, 0.05) is 10.4 Å². The van der Waals surface area contributed by atoms with Gasteiger partial charge in [-0.3, -0.25) is 4.79 Å². The molecule has 0 atom stereocenters. The second kappa shape index (κ2) is 5.19. The molecule has 1 saturated carbocycles. The fourth-order valence-electron chi connectivity index (χ4n) is 2.01. The minimum atomic E-state index is 0.0988. The highest BCUT2D eigenvalue weighted by Gasteiger charge is 2.22. The fraction of sp³-hybridized carbons (Fsp3) is 0.417. The maximum atomic E-state index is 11.9. The van der Waals surface area contributed by atoms with E-state index >= 15 is 0 Å². The van der Waals surface area contributed by atoms with Crippen molar-refractivity contribution in [1.29, 1.82) is 0 Å². The van der Waals surface area contributed by atoms with Crippen LogP contribution in [0.1, 0.15) is 25.7 Å². The summed E-state index contributed by atoms with van der Waals surface area (Å²) in [5, 5.41) is 3.46. The second-order valence-corrected chi connectivity index (χ2v) is 5.42. The molecule has 1 aromatic carbocycles. The van der Waals surface area contributed by atoms with Crippen molar-refractivity contribution in [2.24, 2.45) is 5.92 Å². The van der Waals surface area contributed by atoms with E-state index in [2.05, 4.69) is 21.2 Å². The van der Waals surface area contributed by atoms with E-state index in [-0.39, 0.29) is 11.8 Å². The van der Waals surface area contributed by atoms with Gasteiger partial charge in [0.05, 0.1) is 10.7 Å². The van der Waals surface area contributed by atoms with E-state index in [4.69, 9.17) is 11.6 Å². The van der Waals surface area contributed by atoms with E-state index in [1.165, 1.54) is 0 Å². The van der Waals surface area contributed by atoms with Gasteiger partial charge in [-0.25, -0.2) is 0 Å². The Hall–Kier alpha value is -0.540. The molecule has 0 spiro atoms. The van der Waals surface area contributed by atoms with Crippen molar-refractivity contribution in [2.75, 3.05) is 5.32 Å². The van der Waals surface area contributed by atoms with Crippen LogP contribution in [-0.4, -0.2) is 5.91 Å². The first-order valence-electron chi connectivity index (χ1n) is 5.43. The average Bonchev–Trinajstić information content (AvgIpc) is 2.75. The van der Waals surface area contributed by atoms with Crippen LogP contribution < -0.4 is 5.32 Å². The maximum Gasteiger partial charge on any atom is 0.227 e. The molecule has 86 valence electrons. The lowest BCUT2D eigenvalue weighted by atomic mass is 10.1. The van der Waals surface area contributed by atoms with Gasteiger partial charge in [-0.1, -0.05) is 40.4 Å². The molecule has 0 bridgehead atoms. The lowest BCUT2D eigenvalue weighted by Gasteiger charge is -2.11. The monoisotopic (exact) mass is 301 g/mol. The second-order valence-electron chi connectivity index (χ2n) is 4.09. The Morgan fingerprint density at radius 3 is 2.69 bits per heavy atom. The fourth-order valence-corrected chi connectivity index (χ4v) is 2.73. The summed E-state index contributed by atoms with van der Waals surface area (Å²) in [4.78, 5) is 11.9. The number of rotatable bonds is 2. The van der Waals surface area contributed by atoms with Crippen molar-refractivity contribution >= 4 is 39.1 Å². The minimum Gasteiger partial charge on any atom is -0.325 e. The molecule has 2 nitrogen and oxygen atoms in total. The number of benzene rings is 1. The zero-order chi connectivity index (χ0) is 11.5. The quantitative estimate of drug-likeness (QED) is 0.870. The van der Waals surface area contributed by atoms with Crippen LogP contribution in [0.5, 0.6) is 0 Å². The van der Waals surface area contributed by atoms with Crippen LogP contribution in [-0.2, 0) is 4.79 Å². The Balaban J connectivity index is 2.05. The van der Waals surface area contributed by atoms with Gasteiger partial charge in [-0.15, -0.1) is 0 Å². The van der Waals surface area contributed by atoms with Crippen molar-refractivity contribution < 1.29 is 4.79 Å². The summed E-state index contributed by atoms with van der Waals surface area (Å²) in [5.41, 5.74) is 0.696. The summed E-state index contributed by atoms with van der Waals surface area (Å²) >= 11 is 9.37. The Kier molecular flexibility index (Phi) is 3.87. The molecule has 4 heteroatoms. The number of hydrogen-bond donors (Lipinski definition) is 1. The summed E-state index contributed by atoms with van der Waals surface area (Å²) < 4.78 is 0.913. The molecule has 1 aliphatic rings. The first kappa shape index (κ1) is 11.9. The predicted octanol–water partition coefficient (Wildman–Crippen LogP) is 4.23. The first-order chi connectivity index (χ1) is 7.66. The highest BCUT2D eigenvalue weighted by molar-refractivity contribution is 9.10. The zero-order valence-corrected chi connectivity index (χ0v) is 11.1. The zero-order valence-electron chi connectivity index (χ0n) is 8.80.